The maximum atomic E-state index is 10.7. The molecule has 0 saturated heterocycles. The Morgan fingerprint density at radius 2 is 2.00 bits per heavy atom. The first-order valence-corrected chi connectivity index (χ1v) is 5.82. The summed E-state index contributed by atoms with van der Waals surface area (Å²) in [5, 5.41) is 0. The van der Waals surface area contributed by atoms with Crippen molar-refractivity contribution < 1.29 is 4.55 Å². The van der Waals surface area contributed by atoms with Gasteiger partial charge in [-0.1, -0.05) is 36.9 Å². The van der Waals surface area contributed by atoms with Crippen molar-refractivity contribution in [1.82, 2.24) is 0 Å². The Bertz CT molecular complexity index is 87.3. The molecule has 0 bridgehead atoms. The molecule has 1 fully saturated rings. The van der Waals surface area contributed by atoms with Crippen LogP contribution in [0.2, 0.25) is 0 Å². The Hall–Kier alpha value is 0.310. The molecular weight excluding hydrogens is 144 g/mol. The van der Waals surface area contributed by atoms with Crippen molar-refractivity contribution in [3.63, 3.8) is 0 Å². The first-order valence-electron chi connectivity index (χ1n) is 4.09. The minimum Gasteiger partial charge on any atom is -0.617 e. The van der Waals surface area contributed by atoms with E-state index >= 15 is 0 Å². The predicted molar refractivity (Wildman–Crippen MR) is 45.5 cm³/mol. The summed E-state index contributed by atoms with van der Waals surface area (Å²) in [6.07, 6.45) is 8.58. The van der Waals surface area contributed by atoms with E-state index in [1.807, 2.05) is 0 Å². The van der Waals surface area contributed by atoms with E-state index in [2.05, 4.69) is 0 Å². The summed E-state index contributed by atoms with van der Waals surface area (Å²) >= 11 is -0.562. The molecule has 0 spiro atoms. The second-order valence-electron chi connectivity index (χ2n) is 3.22. The molecule has 1 nitrogen and oxygen atoms in total. The molecule has 0 N–H and O–H groups in total. The fourth-order valence-corrected chi connectivity index (χ4v) is 2.30. The van der Waals surface area contributed by atoms with Gasteiger partial charge in [-0.2, -0.15) is 0 Å². The molecule has 0 amide bonds. The summed E-state index contributed by atoms with van der Waals surface area (Å²) in [6, 6.07) is 0. The Labute approximate surface area is 66.4 Å². The van der Waals surface area contributed by atoms with Gasteiger partial charge in [-0.3, -0.25) is 0 Å². The van der Waals surface area contributed by atoms with Crippen LogP contribution in [0.25, 0.3) is 0 Å². The van der Waals surface area contributed by atoms with Crippen LogP contribution in [0.5, 0.6) is 0 Å². The molecule has 1 aliphatic carbocycles. The van der Waals surface area contributed by atoms with Gasteiger partial charge in [-0.05, 0) is 12.3 Å². The highest BCUT2D eigenvalue weighted by molar-refractivity contribution is 7.90. The van der Waals surface area contributed by atoms with Crippen molar-refractivity contribution >= 4 is 11.2 Å². The maximum absolute atomic E-state index is 10.7. The smallest absolute Gasteiger partial charge is 0.105 e. The van der Waals surface area contributed by atoms with Crippen LogP contribution >= 0.6 is 0 Å². The molecule has 1 aliphatic rings. The van der Waals surface area contributed by atoms with Gasteiger partial charge in [0.25, 0.3) is 0 Å². The van der Waals surface area contributed by atoms with Crippen molar-refractivity contribution in [1.29, 1.82) is 0 Å². The molecule has 0 aliphatic heterocycles. The normalized spacial score (nSPS) is 23.4. The summed E-state index contributed by atoms with van der Waals surface area (Å²) in [7, 11) is 0. The van der Waals surface area contributed by atoms with Crippen molar-refractivity contribution in [2.45, 2.75) is 32.1 Å². The van der Waals surface area contributed by atoms with Crippen LogP contribution in [0.15, 0.2) is 0 Å². The molecule has 0 aromatic carbocycles. The van der Waals surface area contributed by atoms with Gasteiger partial charge in [-0.15, -0.1) is 0 Å². The molecule has 1 saturated carbocycles. The van der Waals surface area contributed by atoms with Crippen molar-refractivity contribution in [2.75, 3.05) is 12.0 Å². The topological polar surface area (TPSA) is 23.1 Å². The Morgan fingerprint density at radius 1 is 1.40 bits per heavy atom. The van der Waals surface area contributed by atoms with E-state index in [0.29, 0.717) is 0 Å². The molecule has 1 unspecified atom stereocenters. The van der Waals surface area contributed by atoms with E-state index < -0.39 is 11.2 Å². The van der Waals surface area contributed by atoms with Crippen LogP contribution in [-0.2, 0) is 11.2 Å². The Balaban J connectivity index is 2.01. The van der Waals surface area contributed by atoms with Gasteiger partial charge in [0.1, 0.15) is 5.75 Å². The lowest BCUT2D eigenvalue weighted by Crippen LogP contribution is -2.07. The van der Waals surface area contributed by atoms with Crippen LogP contribution in [0, 0.1) is 5.92 Å². The second-order valence-corrected chi connectivity index (χ2v) is 4.77. The quantitative estimate of drug-likeness (QED) is 0.579. The highest BCUT2D eigenvalue weighted by Crippen LogP contribution is 2.27. The maximum Gasteiger partial charge on any atom is 0.105 e. The Morgan fingerprint density at radius 3 is 2.50 bits per heavy atom. The summed E-state index contributed by atoms with van der Waals surface area (Å²) in [4.78, 5) is 0. The highest BCUT2D eigenvalue weighted by Gasteiger charge is 2.15. The highest BCUT2D eigenvalue weighted by atomic mass is 32.2. The molecule has 0 radical (unpaired) electrons. The molecular formula is C8H16OS. The zero-order valence-corrected chi connectivity index (χ0v) is 7.45. The van der Waals surface area contributed by atoms with E-state index in [9.17, 15) is 4.55 Å². The lowest BCUT2D eigenvalue weighted by Gasteiger charge is -2.08. The van der Waals surface area contributed by atoms with Crippen LogP contribution < -0.4 is 0 Å². The molecule has 2 heteroatoms. The fourth-order valence-electron chi connectivity index (χ4n) is 1.63. The zero-order chi connectivity index (χ0) is 7.40. The van der Waals surface area contributed by atoms with E-state index in [4.69, 9.17) is 0 Å². The average Bonchev–Trinajstić information content (AvgIpc) is 2.34. The summed E-state index contributed by atoms with van der Waals surface area (Å²) in [5.74, 6) is 1.83. The van der Waals surface area contributed by atoms with Gasteiger partial charge in [0, 0.05) is 0 Å². The molecule has 10 heavy (non-hydrogen) atoms. The van der Waals surface area contributed by atoms with Crippen LogP contribution in [-0.4, -0.2) is 16.6 Å². The molecule has 1 atom stereocenters. The average molecular weight is 160 g/mol. The van der Waals surface area contributed by atoms with Crippen molar-refractivity contribution in [3.05, 3.63) is 0 Å². The van der Waals surface area contributed by atoms with Gasteiger partial charge < -0.3 is 4.55 Å². The van der Waals surface area contributed by atoms with Crippen molar-refractivity contribution in [2.24, 2.45) is 5.92 Å². The lowest BCUT2D eigenvalue weighted by atomic mass is 10.1. The molecule has 0 aromatic heterocycles. The zero-order valence-electron chi connectivity index (χ0n) is 6.64. The first-order chi connectivity index (χ1) is 4.79. The Kier molecular flexibility index (Phi) is 3.57. The summed E-state index contributed by atoms with van der Waals surface area (Å²) < 4.78 is 10.7. The van der Waals surface area contributed by atoms with E-state index in [-0.39, 0.29) is 0 Å². The SMILES string of the molecule is C[S+]([O-])CCC1CCCC1. The van der Waals surface area contributed by atoms with Crippen LogP contribution in [0.4, 0.5) is 0 Å². The standard InChI is InChI=1S/C8H16OS/c1-10(9)7-6-8-4-2-3-5-8/h8H,2-7H2,1H3. The molecule has 0 heterocycles. The summed E-state index contributed by atoms with van der Waals surface area (Å²) in [6.45, 7) is 0. The third kappa shape index (κ3) is 2.93. The first kappa shape index (κ1) is 8.41. The van der Waals surface area contributed by atoms with Crippen LogP contribution in [0.1, 0.15) is 32.1 Å². The number of rotatable bonds is 3. The monoisotopic (exact) mass is 160 g/mol. The van der Waals surface area contributed by atoms with Crippen molar-refractivity contribution in [3.8, 4) is 0 Å². The van der Waals surface area contributed by atoms with Gasteiger partial charge >= 0.3 is 0 Å². The molecule has 1 rings (SSSR count). The van der Waals surface area contributed by atoms with Gasteiger partial charge in [0.2, 0.25) is 0 Å². The largest absolute Gasteiger partial charge is 0.617 e. The fraction of sp³-hybridized carbons (Fsp3) is 1.00. The third-order valence-electron chi connectivity index (χ3n) is 2.29. The van der Waals surface area contributed by atoms with E-state index in [1.54, 1.807) is 6.26 Å². The van der Waals surface area contributed by atoms with E-state index in [1.165, 1.54) is 32.1 Å². The third-order valence-corrected chi connectivity index (χ3v) is 3.10. The van der Waals surface area contributed by atoms with Gasteiger partial charge in [0.15, 0.2) is 0 Å². The van der Waals surface area contributed by atoms with E-state index in [0.717, 1.165) is 11.7 Å². The number of hydrogen-bond donors (Lipinski definition) is 0. The van der Waals surface area contributed by atoms with Crippen LogP contribution in [0.3, 0.4) is 0 Å². The second kappa shape index (κ2) is 4.24. The number of hydrogen-bond acceptors (Lipinski definition) is 1. The minimum atomic E-state index is -0.562. The predicted octanol–water partition coefficient (Wildman–Crippen LogP) is 1.95. The van der Waals surface area contributed by atoms with Gasteiger partial charge in [-0.25, -0.2) is 0 Å². The molecule has 0 aromatic rings. The van der Waals surface area contributed by atoms with Gasteiger partial charge in [0.05, 0.1) is 6.26 Å². The summed E-state index contributed by atoms with van der Waals surface area (Å²) in [5.41, 5.74) is 0. The lowest BCUT2D eigenvalue weighted by molar-refractivity contribution is 0.522. The molecule has 60 valence electrons. The minimum absolute atomic E-state index is 0.562.